The Morgan fingerprint density at radius 1 is 1.39 bits per heavy atom. The van der Waals surface area contributed by atoms with Crippen LogP contribution in [0.3, 0.4) is 0 Å². The molecule has 4 nitrogen and oxygen atoms in total. The van der Waals surface area contributed by atoms with E-state index in [-0.39, 0.29) is 19.6 Å². The number of halogens is 3. The third kappa shape index (κ3) is 4.45. The maximum atomic E-state index is 12.3. The Bertz CT molecular complexity index is 273. The third-order valence-electron chi connectivity index (χ3n) is 2.86. The first-order valence-corrected chi connectivity index (χ1v) is 5.96. The summed E-state index contributed by atoms with van der Waals surface area (Å²) in [4.78, 5) is 11.9. The molecule has 0 aromatic carbocycles. The topological polar surface area (TPSA) is 47.6 Å². The number of esters is 1. The normalized spacial score (nSPS) is 25.6. The van der Waals surface area contributed by atoms with E-state index >= 15 is 0 Å². The molecule has 18 heavy (non-hydrogen) atoms. The average Bonchev–Trinajstić information content (AvgIpc) is 2.52. The van der Waals surface area contributed by atoms with E-state index in [1.807, 2.05) is 0 Å². The molecule has 0 amide bonds. The zero-order valence-corrected chi connectivity index (χ0v) is 10.3. The molecule has 1 saturated heterocycles. The van der Waals surface area contributed by atoms with Gasteiger partial charge in [-0.3, -0.25) is 10.1 Å². The van der Waals surface area contributed by atoms with Crippen LogP contribution in [0.15, 0.2) is 0 Å². The Morgan fingerprint density at radius 2 is 2.11 bits per heavy atom. The van der Waals surface area contributed by atoms with Gasteiger partial charge in [-0.25, -0.2) is 0 Å². The van der Waals surface area contributed by atoms with E-state index in [1.54, 1.807) is 6.92 Å². The van der Waals surface area contributed by atoms with E-state index in [1.165, 1.54) is 0 Å². The summed E-state index contributed by atoms with van der Waals surface area (Å²) in [6.45, 7) is 1.28. The van der Waals surface area contributed by atoms with Crippen molar-refractivity contribution in [1.29, 1.82) is 0 Å². The van der Waals surface area contributed by atoms with Crippen LogP contribution < -0.4 is 5.32 Å². The van der Waals surface area contributed by atoms with Crippen molar-refractivity contribution >= 4 is 5.97 Å². The van der Waals surface area contributed by atoms with E-state index in [4.69, 9.17) is 9.47 Å². The molecule has 0 aromatic heterocycles. The van der Waals surface area contributed by atoms with E-state index in [2.05, 4.69) is 5.32 Å². The van der Waals surface area contributed by atoms with Gasteiger partial charge in [0.15, 0.2) is 0 Å². The SMILES string of the molecule is CCOC(=O)C1(NCC(F)(F)F)CCCOCC1. The van der Waals surface area contributed by atoms with E-state index < -0.39 is 24.2 Å². The van der Waals surface area contributed by atoms with Crippen molar-refractivity contribution in [2.75, 3.05) is 26.4 Å². The Labute approximate surface area is 104 Å². The van der Waals surface area contributed by atoms with Gasteiger partial charge in [0.1, 0.15) is 5.54 Å². The summed E-state index contributed by atoms with van der Waals surface area (Å²) < 4.78 is 46.9. The molecule has 1 N–H and O–H groups in total. The van der Waals surface area contributed by atoms with Crippen LogP contribution >= 0.6 is 0 Å². The second-order valence-electron chi connectivity index (χ2n) is 4.24. The predicted octanol–water partition coefficient (Wildman–Crippen LogP) is 1.64. The van der Waals surface area contributed by atoms with Crippen LogP contribution in [-0.2, 0) is 14.3 Å². The predicted molar refractivity (Wildman–Crippen MR) is 58.1 cm³/mol. The number of carbonyl (C=O) groups is 1. The lowest BCUT2D eigenvalue weighted by Crippen LogP contribution is -2.55. The maximum absolute atomic E-state index is 12.3. The average molecular weight is 269 g/mol. The number of rotatable bonds is 4. The largest absolute Gasteiger partial charge is 0.465 e. The van der Waals surface area contributed by atoms with E-state index in [0.717, 1.165) is 0 Å². The van der Waals surface area contributed by atoms with Gasteiger partial charge >= 0.3 is 12.1 Å². The van der Waals surface area contributed by atoms with Crippen LogP contribution in [0, 0.1) is 0 Å². The number of alkyl halides is 3. The first-order valence-electron chi connectivity index (χ1n) is 5.96. The van der Waals surface area contributed by atoms with Crippen molar-refractivity contribution in [2.24, 2.45) is 0 Å². The van der Waals surface area contributed by atoms with Gasteiger partial charge in [0.2, 0.25) is 0 Å². The van der Waals surface area contributed by atoms with Crippen molar-refractivity contribution in [3.63, 3.8) is 0 Å². The van der Waals surface area contributed by atoms with E-state index in [9.17, 15) is 18.0 Å². The molecule has 0 radical (unpaired) electrons. The zero-order chi connectivity index (χ0) is 13.6. The Hall–Kier alpha value is -0.820. The van der Waals surface area contributed by atoms with Crippen LogP contribution in [0.2, 0.25) is 0 Å². The van der Waals surface area contributed by atoms with Crippen molar-refractivity contribution in [3.8, 4) is 0 Å². The minimum atomic E-state index is -4.35. The molecule has 0 bridgehead atoms. The van der Waals surface area contributed by atoms with Gasteiger partial charge in [0, 0.05) is 13.2 Å². The summed E-state index contributed by atoms with van der Waals surface area (Å²) in [6.07, 6.45) is -3.33. The Balaban J connectivity index is 2.75. The zero-order valence-electron chi connectivity index (χ0n) is 10.3. The highest BCUT2D eigenvalue weighted by Crippen LogP contribution is 2.25. The Morgan fingerprint density at radius 3 is 2.72 bits per heavy atom. The summed E-state index contributed by atoms with van der Waals surface area (Å²) in [5, 5.41) is 2.32. The van der Waals surface area contributed by atoms with Crippen LogP contribution in [-0.4, -0.2) is 44.0 Å². The van der Waals surface area contributed by atoms with E-state index in [0.29, 0.717) is 19.4 Å². The fourth-order valence-electron chi connectivity index (χ4n) is 1.94. The second-order valence-corrected chi connectivity index (χ2v) is 4.24. The first-order chi connectivity index (χ1) is 8.40. The first kappa shape index (κ1) is 15.2. The molecule has 106 valence electrons. The summed E-state index contributed by atoms with van der Waals surface area (Å²) in [6, 6.07) is 0. The third-order valence-corrected chi connectivity index (χ3v) is 2.86. The second kappa shape index (κ2) is 6.38. The summed E-state index contributed by atoms with van der Waals surface area (Å²) in [7, 11) is 0. The number of nitrogens with one attached hydrogen (secondary N) is 1. The van der Waals surface area contributed by atoms with Gasteiger partial charge in [0.05, 0.1) is 13.2 Å². The maximum Gasteiger partial charge on any atom is 0.401 e. The number of hydrogen-bond acceptors (Lipinski definition) is 4. The van der Waals surface area contributed by atoms with Crippen LogP contribution in [0.1, 0.15) is 26.2 Å². The van der Waals surface area contributed by atoms with Gasteiger partial charge in [-0.05, 0) is 26.2 Å². The quantitative estimate of drug-likeness (QED) is 0.788. The van der Waals surface area contributed by atoms with Crippen molar-refractivity contribution in [3.05, 3.63) is 0 Å². The van der Waals surface area contributed by atoms with Crippen molar-refractivity contribution < 1.29 is 27.4 Å². The van der Waals surface area contributed by atoms with Gasteiger partial charge in [0.25, 0.3) is 0 Å². The minimum Gasteiger partial charge on any atom is -0.465 e. The molecule has 0 saturated carbocycles. The molecule has 7 heteroatoms. The monoisotopic (exact) mass is 269 g/mol. The molecule has 1 atom stereocenters. The highest BCUT2D eigenvalue weighted by atomic mass is 19.4. The molecule has 1 rings (SSSR count). The summed E-state index contributed by atoms with van der Waals surface area (Å²) in [5.41, 5.74) is -1.28. The standard InChI is InChI=1S/C11H18F3NO3/c1-2-18-9(16)10(15-8-11(12,13)14)4-3-6-17-7-5-10/h15H,2-8H2,1H3. The molecular formula is C11H18F3NO3. The molecule has 0 aliphatic carbocycles. The van der Waals surface area contributed by atoms with Gasteiger partial charge < -0.3 is 9.47 Å². The lowest BCUT2D eigenvalue weighted by molar-refractivity contribution is -0.156. The van der Waals surface area contributed by atoms with Gasteiger partial charge in [-0.2, -0.15) is 13.2 Å². The Kier molecular flexibility index (Phi) is 5.40. The highest BCUT2D eigenvalue weighted by molar-refractivity contribution is 5.81. The lowest BCUT2D eigenvalue weighted by atomic mass is 9.90. The summed E-state index contributed by atoms with van der Waals surface area (Å²) >= 11 is 0. The molecule has 1 heterocycles. The molecule has 1 aliphatic rings. The summed E-state index contributed by atoms with van der Waals surface area (Å²) in [5.74, 6) is -0.625. The number of carbonyl (C=O) groups excluding carboxylic acids is 1. The fraction of sp³-hybridized carbons (Fsp3) is 0.909. The van der Waals surface area contributed by atoms with Crippen molar-refractivity contribution in [1.82, 2.24) is 5.32 Å². The fourth-order valence-corrected chi connectivity index (χ4v) is 1.94. The highest BCUT2D eigenvalue weighted by Gasteiger charge is 2.42. The molecule has 0 spiro atoms. The smallest absolute Gasteiger partial charge is 0.401 e. The van der Waals surface area contributed by atoms with Crippen LogP contribution in [0.4, 0.5) is 13.2 Å². The number of hydrogen-bond donors (Lipinski definition) is 1. The minimum absolute atomic E-state index is 0.148. The van der Waals surface area contributed by atoms with Crippen molar-refractivity contribution in [2.45, 2.75) is 37.9 Å². The van der Waals surface area contributed by atoms with Gasteiger partial charge in [-0.15, -0.1) is 0 Å². The van der Waals surface area contributed by atoms with Crippen LogP contribution in [0.25, 0.3) is 0 Å². The molecule has 0 aromatic rings. The number of ether oxygens (including phenoxy) is 2. The van der Waals surface area contributed by atoms with Crippen LogP contribution in [0.5, 0.6) is 0 Å². The lowest BCUT2D eigenvalue weighted by Gasteiger charge is -2.31. The molecule has 1 fully saturated rings. The van der Waals surface area contributed by atoms with Gasteiger partial charge in [-0.1, -0.05) is 0 Å². The molecular weight excluding hydrogens is 251 g/mol. The molecule has 1 unspecified atom stereocenters. The molecule has 1 aliphatic heterocycles.